The topological polar surface area (TPSA) is 17.8 Å². The van der Waals surface area contributed by atoms with E-state index in [-0.39, 0.29) is 0 Å². The third-order valence-electron chi connectivity index (χ3n) is 3.60. The number of para-hydroxylation sites is 2. The molecule has 2 heteroatoms. The summed E-state index contributed by atoms with van der Waals surface area (Å²) in [4.78, 5) is 4.77. The summed E-state index contributed by atoms with van der Waals surface area (Å²) >= 11 is 0. The number of rotatable bonds is 4. The summed E-state index contributed by atoms with van der Waals surface area (Å²) < 4.78 is 2.30. The number of imidazole rings is 1. The molecule has 0 N–H and O–H groups in total. The third kappa shape index (κ3) is 2.89. The first kappa shape index (κ1) is 13.6. The molecule has 0 aliphatic rings. The van der Waals surface area contributed by atoms with Crippen LogP contribution in [0.5, 0.6) is 0 Å². The minimum atomic E-state index is 0.419. The Kier molecular flexibility index (Phi) is 3.87. The first-order valence-corrected chi connectivity index (χ1v) is 7.42. The summed E-state index contributed by atoms with van der Waals surface area (Å²) in [5.41, 5.74) is 3.52. The second-order valence-corrected chi connectivity index (χ2v) is 5.54. The molecule has 0 aliphatic carbocycles. The summed E-state index contributed by atoms with van der Waals surface area (Å²) in [6.07, 6.45) is 4.37. The van der Waals surface area contributed by atoms with E-state index >= 15 is 0 Å². The molecule has 2 aromatic carbocycles. The van der Waals surface area contributed by atoms with Crippen molar-refractivity contribution in [2.75, 3.05) is 0 Å². The van der Waals surface area contributed by atoms with Crippen LogP contribution in [0.25, 0.3) is 17.1 Å². The molecule has 0 fully saturated rings. The molecule has 0 bridgehead atoms. The Morgan fingerprint density at radius 2 is 1.71 bits per heavy atom. The van der Waals surface area contributed by atoms with Gasteiger partial charge in [-0.05, 0) is 17.7 Å². The van der Waals surface area contributed by atoms with Crippen LogP contribution in [0.1, 0.15) is 31.2 Å². The molecule has 1 heterocycles. The van der Waals surface area contributed by atoms with Gasteiger partial charge in [0, 0.05) is 12.5 Å². The lowest BCUT2D eigenvalue weighted by Crippen LogP contribution is -2.03. The van der Waals surface area contributed by atoms with Gasteiger partial charge in [0.1, 0.15) is 5.82 Å². The summed E-state index contributed by atoms with van der Waals surface area (Å²) in [7, 11) is 0. The summed E-state index contributed by atoms with van der Waals surface area (Å²) in [6.45, 7) is 5.24. The van der Waals surface area contributed by atoms with E-state index in [1.165, 1.54) is 11.1 Å². The molecule has 1 aromatic heterocycles. The van der Waals surface area contributed by atoms with Crippen LogP contribution in [0.4, 0.5) is 0 Å². The Morgan fingerprint density at radius 1 is 1.00 bits per heavy atom. The van der Waals surface area contributed by atoms with Crippen molar-refractivity contribution in [3.8, 4) is 0 Å². The first-order chi connectivity index (χ1) is 10.3. The van der Waals surface area contributed by atoms with Crippen LogP contribution in [-0.4, -0.2) is 9.55 Å². The van der Waals surface area contributed by atoms with Crippen molar-refractivity contribution in [3.63, 3.8) is 0 Å². The summed E-state index contributed by atoms with van der Waals surface area (Å²) in [6, 6.07) is 18.7. The summed E-state index contributed by atoms with van der Waals surface area (Å²) in [5.74, 6) is 1.57. The fourth-order valence-corrected chi connectivity index (χ4v) is 2.59. The molecule has 0 atom stereocenters. The van der Waals surface area contributed by atoms with E-state index in [1.54, 1.807) is 0 Å². The van der Waals surface area contributed by atoms with Gasteiger partial charge in [0.2, 0.25) is 0 Å². The van der Waals surface area contributed by atoms with Crippen molar-refractivity contribution >= 4 is 17.1 Å². The van der Waals surface area contributed by atoms with Crippen molar-refractivity contribution < 1.29 is 0 Å². The lowest BCUT2D eigenvalue weighted by Gasteiger charge is -2.09. The van der Waals surface area contributed by atoms with Gasteiger partial charge in [0.15, 0.2) is 0 Å². The van der Waals surface area contributed by atoms with E-state index in [0.29, 0.717) is 5.92 Å². The monoisotopic (exact) mass is 276 g/mol. The van der Waals surface area contributed by atoms with Crippen LogP contribution in [0.2, 0.25) is 0 Å². The van der Waals surface area contributed by atoms with E-state index < -0.39 is 0 Å². The normalized spacial score (nSPS) is 11.8. The van der Waals surface area contributed by atoms with Gasteiger partial charge in [-0.15, -0.1) is 0 Å². The van der Waals surface area contributed by atoms with Crippen molar-refractivity contribution in [1.82, 2.24) is 9.55 Å². The molecule has 0 radical (unpaired) electrons. The SMILES string of the molecule is CC(C)c1nc2ccccc2n1C/C=C/c1ccccc1. The lowest BCUT2D eigenvalue weighted by molar-refractivity contribution is 0.692. The quantitative estimate of drug-likeness (QED) is 0.664. The Bertz CT molecular complexity index is 752. The van der Waals surface area contributed by atoms with E-state index in [1.807, 2.05) is 12.1 Å². The summed E-state index contributed by atoms with van der Waals surface area (Å²) in [5, 5.41) is 0. The zero-order valence-corrected chi connectivity index (χ0v) is 12.5. The standard InChI is InChI=1S/C19H20N2/c1-15(2)19-20-17-12-6-7-13-18(17)21(19)14-8-11-16-9-4-3-5-10-16/h3-13,15H,14H2,1-2H3/b11-8+. The van der Waals surface area contributed by atoms with Crippen LogP contribution in [0.3, 0.4) is 0 Å². The average molecular weight is 276 g/mol. The smallest absolute Gasteiger partial charge is 0.112 e. The van der Waals surface area contributed by atoms with Crippen LogP contribution >= 0.6 is 0 Å². The van der Waals surface area contributed by atoms with Gasteiger partial charge in [-0.2, -0.15) is 0 Å². The zero-order valence-electron chi connectivity index (χ0n) is 12.5. The minimum Gasteiger partial charge on any atom is -0.324 e. The van der Waals surface area contributed by atoms with Crippen LogP contribution in [-0.2, 0) is 6.54 Å². The highest BCUT2D eigenvalue weighted by Gasteiger charge is 2.11. The van der Waals surface area contributed by atoms with E-state index in [0.717, 1.165) is 17.9 Å². The number of hydrogen-bond donors (Lipinski definition) is 0. The Hall–Kier alpha value is -2.35. The molecule has 0 saturated carbocycles. The third-order valence-corrected chi connectivity index (χ3v) is 3.60. The van der Waals surface area contributed by atoms with Gasteiger partial charge in [-0.1, -0.05) is 68.5 Å². The first-order valence-electron chi connectivity index (χ1n) is 7.42. The largest absolute Gasteiger partial charge is 0.324 e. The van der Waals surface area contributed by atoms with Crippen LogP contribution in [0.15, 0.2) is 60.7 Å². The molecule has 0 unspecified atom stereocenters. The molecule has 106 valence electrons. The molecule has 3 aromatic rings. The fourth-order valence-electron chi connectivity index (χ4n) is 2.59. The number of benzene rings is 2. The average Bonchev–Trinajstić information content (AvgIpc) is 2.88. The molecule has 21 heavy (non-hydrogen) atoms. The molecule has 3 rings (SSSR count). The minimum absolute atomic E-state index is 0.419. The van der Waals surface area contributed by atoms with Gasteiger partial charge in [0.25, 0.3) is 0 Å². The molecule has 0 amide bonds. The maximum atomic E-state index is 4.77. The lowest BCUT2D eigenvalue weighted by atomic mass is 10.2. The van der Waals surface area contributed by atoms with Gasteiger partial charge >= 0.3 is 0 Å². The van der Waals surface area contributed by atoms with Gasteiger partial charge < -0.3 is 4.57 Å². The molecule has 2 nitrogen and oxygen atoms in total. The number of hydrogen-bond acceptors (Lipinski definition) is 1. The second-order valence-electron chi connectivity index (χ2n) is 5.54. The number of allylic oxidation sites excluding steroid dienone is 1. The van der Waals surface area contributed by atoms with E-state index in [9.17, 15) is 0 Å². The highest BCUT2D eigenvalue weighted by atomic mass is 15.1. The van der Waals surface area contributed by atoms with Crippen LogP contribution in [0, 0.1) is 0 Å². The number of fused-ring (bicyclic) bond motifs is 1. The molecule has 0 spiro atoms. The molecular weight excluding hydrogens is 256 g/mol. The Labute approximate surface area is 125 Å². The number of nitrogens with zero attached hydrogens (tertiary/aromatic N) is 2. The fraction of sp³-hybridized carbons (Fsp3) is 0.211. The second kappa shape index (κ2) is 5.96. The molecule has 0 saturated heterocycles. The maximum Gasteiger partial charge on any atom is 0.112 e. The van der Waals surface area contributed by atoms with Gasteiger partial charge in [-0.25, -0.2) is 4.98 Å². The van der Waals surface area contributed by atoms with E-state index in [2.05, 4.69) is 73.0 Å². The van der Waals surface area contributed by atoms with E-state index in [4.69, 9.17) is 4.98 Å². The van der Waals surface area contributed by atoms with Crippen molar-refractivity contribution in [2.45, 2.75) is 26.3 Å². The number of aromatic nitrogens is 2. The Balaban J connectivity index is 1.92. The Morgan fingerprint density at radius 3 is 2.48 bits per heavy atom. The predicted molar refractivity (Wildman–Crippen MR) is 89.3 cm³/mol. The molecular formula is C19H20N2. The van der Waals surface area contributed by atoms with Crippen molar-refractivity contribution in [3.05, 3.63) is 72.1 Å². The molecule has 0 aliphatic heterocycles. The maximum absolute atomic E-state index is 4.77. The van der Waals surface area contributed by atoms with Gasteiger partial charge in [0.05, 0.1) is 11.0 Å². The zero-order chi connectivity index (χ0) is 14.7. The van der Waals surface area contributed by atoms with Crippen LogP contribution < -0.4 is 0 Å². The van der Waals surface area contributed by atoms with Crippen molar-refractivity contribution in [2.24, 2.45) is 0 Å². The highest BCUT2D eigenvalue weighted by Crippen LogP contribution is 2.21. The van der Waals surface area contributed by atoms with Crippen molar-refractivity contribution in [1.29, 1.82) is 0 Å². The highest BCUT2D eigenvalue weighted by molar-refractivity contribution is 5.76. The predicted octanol–water partition coefficient (Wildman–Crippen LogP) is 4.87. The van der Waals surface area contributed by atoms with Gasteiger partial charge in [-0.3, -0.25) is 0 Å².